The highest BCUT2D eigenvalue weighted by atomic mass is 16.1. The quantitative estimate of drug-likeness (QED) is 0.651. The number of allylic oxidation sites excluding steroid dienone is 1. The first-order valence-corrected chi connectivity index (χ1v) is 6.18. The Labute approximate surface area is 94.6 Å². The number of amides is 1. The number of piperidine rings is 1. The number of hydrogen-bond donors (Lipinski definition) is 1. The molecule has 0 aromatic heterocycles. The van der Waals surface area contributed by atoms with Crippen LogP contribution in [0.1, 0.15) is 60.2 Å². The molecule has 2 nitrogen and oxygen atoms in total. The van der Waals surface area contributed by atoms with Crippen LogP contribution < -0.4 is 5.32 Å². The molecule has 0 aromatic carbocycles. The molecule has 0 atom stereocenters. The summed E-state index contributed by atoms with van der Waals surface area (Å²) in [5.74, 6) is 0.179. The maximum absolute atomic E-state index is 11.4. The van der Waals surface area contributed by atoms with Gasteiger partial charge in [0.2, 0.25) is 5.91 Å². The molecule has 1 heterocycles. The Bertz CT molecular complexity index is 226. The van der Waals surface area contributed by atoms with Crippen molar-refractivity contribution in [2.24, 2.45) is 5.41 Å². The van der Waals surface area contributed by atoms with Crippen molar-refractivity contribution >= 4 is 5.91 Å². The fourth-order valence-electron chi connectivity index (χ4n) is 2.80. The molecule has 2 aliphatic rings. The largest absolute Gasteiger partial charge is 0.330 e. The van der Waals surface area contributed by atoms with Crippen LogP contribution in [-0.2, 0) is 4.79 Å². The Morgan fingerprint density at radius 3 is 2.33 bits per heavy atom. The second kappa shape index (κ2) is 5.34. The number of carbonyl (C=O) groups excluding carboxylic acids is 1. The van der Waals surface area contributed by atoms with E-state index in [2.05, 4.69) is 11.9 Å². The minimum atomic E-state index is 0. The third-order valence-electron chi connectivity index (χ3n) is 3.35. The van der Waals surface area contributed by atoms with E-state index in [-0.39, 0.29) is 12.7 Å². The zero-order valence-electron chi connectivity index (χ0n) is 10.1. The standard InChI is InChI=1S/C11H17NO.C2H6.H2/c1-9-7-11(8-10(13)12-9)5-3-2-4-6-11;1-2;/h1-8H2,(H,12,13);1-2H3;1H. The molecule has 88 valence electrons. The van der Waals surface area contributed by atoms with Crippen LogP contribution in [0.4, 0.5) is 0 Å². The van der Waals surface area contributed by atoms with Crippen LogP contribution in [0.2, 0.25) is 0 Å². The molecule has 0 aromatic rings. The van der Waals surface area contributed by atoms with Gasteiger partial charge in [-0.15, -0.1) is 0 Å². The summed E-state index contributed by atoms with van der Waals surface area (Å²) in [4.78, 5) is 11.4. The second-order valence-electron chi connectivity index (χ2n) is 4.57. The molecule has 1 saturated heterocycles. The van der Waals surface area contributed by atoms with Gasteiger partial charge in [-0.2, -0.15) is 0 Å². The second-order valence-corrected chi connectivity index (χ2v) is 4.57. The highest BCUT2D eigenvalue weighted by Gasteiger charge is 2.37. The Kier molecular flexibility index (Phi) is 4.37. The van der Waals surface area contributed by atoms with Gasteiger partial charge in [0.25, 0.3) is 0 Å². The van der Waals surface area contributed by atoms with Crippen molar-refractivity contribution < 1.29 is 6.22 Å². The first kappa shape index (κ1) is 12.3. The average molecular weight is 211 g/mol. The first-order chi connectivity index (χ1) is 7.20. The Morgan fingerprint density at radius 1 is 1.20 bits per heavy atom. The average Bonchev–Trinajstić information content (AvgIpc) is 2.19. The van der Waals surface area contributed by atoms with Gasteiger partial charge >= 0.3 is 0 Å². The maximum atomic E-state index is 11.4. The molecule has 2 rings (SSSR count). The third kappa shape index (κ3) is 3.08. The first-order valence-electron chi connectivity index (χ1n) is 6.18. The van der Waals surface area contributed by atoms with E-state index in [1.54, 1.807) is 0 Å². The van der Waals surface area contributed by atoms with Crippen molar-refractivity contribution in [2.75, 3.05) is 0 Å². The Morgan fingerprint density at radius 2 is 1.80 bits per heavy atom. The van der Waals surface area contributed by atoms with Gasteiger partial charge in [-0.05, 0) is 24.7 Å². The Balaban J connectivity index is 0.000000711. The topological polar surface area (TPSA) is 29.1 Å². The van der Waals surface area contributed by atoms with Crippen LogP contribution in [-0.4, -0.2) is 5.91 Å². The van der Waals surface area contributed by atoms with Crippen LogP contribution in [0.5, 0.6) is 0 Å². The molecule has 1 aliphatic carbocycles. The molecule has 0 bridgehead atoms. The van der Waals surface area contributed by atoms with E-state index in [9.17, 15) is 4.79 Å². The lowest BCUT2D eigenvalue weighted by Crippen LogP contribution is -2.40. The number of rotatable bonds is 0. The van der Waals surface area contributed by atoms with Gasteiger partial charge in [0.15, 0.2) is 0 Å². The van der Waals surface area contributed by atoms with Crippen molar-refractivity contribution in [3.05, 3.63) is 12.3 Å². The summed E-state index contributed by atoms with van der Waals surface area (Å²) in [6.45, 7) is 7.88. The molecule has 2 heteroatoms. The number of carbonyl (C=O) groups is 1. The van der Waals surface area contributed by atoms with E-state index in [0.29, 0.717) is 0 Å². The molecule has 2 fully saturated rings. The molecule has 1 amide bonds. The smallest absolute Gasteiger partial charge is 0.224 e. The summed E-state index contributed by atoms with van der Waals surface area (Å²) < 4.78 is 0. The molecule has 0 unspecified atom stereocenters. The zero-order valence-corrected chi connectivity index (χ0v) is 10.1. The van der Waals surface area contributed by atoms with Gasteiger partial charge in [0.05, 0.1) is 0 Å². The fourth-order valence-corrected chi connectivity index (χ4v) is 2.80. The van der Waals surface area contributed by atoms with Crippen LogP contribution in [0.15, 0.2) is 12.3 Å². The van der Waals surface area contributed by atoms with Crippen molar-refractivity contribution in [3.8, 4) is 0 Å². The molecule has 1 spiro atoms. The highest BCUT2D eigenvalue weighted by Crippen LogP contribution is 2.45. The SMILES string of the molecule is C=C1CC2(CCCCC2)CC(=O)N1.CC.[HH]. The van der Waals surface area contributed by atoms with E-state index in [1.807, 2.05) is 13.8 Å². The van der Waals surface area contributed by atoms with Gasteiger partial charge in [-0.1, -0.05) is 39.7 Å². The highest BCUT2D eigenvalue weighted by molar-refractivity contribution is 5.79. The monoisotopic (exact) mass is 211 g/mol. The van der Waals surface area contributed by atoms with Gasteiger partial charge in [-0.3, -0.25) is 4.79 Å². The fraction of sp³-hybridized carbons (Fsp3) is 0.769. The van der Waals surface area contributed by atoms with Gasteiger partial charge < -0.3 is 5.32 Å². The van der Waals surface area contributed by atoms with E-state index < -0.39 is 0 Å². The summed E-state index contributed by atoms with van der Waals surface area (Å²) in [5, 5.41) is 2.82. The normalized spacial score (nSPS) is 24.1. The molecule has 1 N–H and O–H groups in total. The maximum Gasteiger partial charge on any atom is 0.224 e. The number of nitrogens with one attached hydrogen (secondary N) is 1. The summed E-state index contributed by atoms with van der Waals surface area (Å²) in [5.41, 5.74) is 1.22. The van der Waals surface area contributed by atoms with E-state index in [4.69, 9.17) is 0 Å². The van der Waals surface area contributed by atoms with Crippen molar-refractivity contribution in [1.29, 1.82) is 0 Å². The summed E-state index contributed by atoms with van der Waals surface area (Å²) in [6, 6.07) is 0. The third-order valence-corrected chi connectivity index (χ3v) is 3.35. The molecular weight excluding hydrogens is 186 g/mol. The van der Waals surface area contributed by atoms with E-state index >= 15 is 0 Å². The van der Waals surface area contributed by atoms with Gasteiger partial charge in [0, 0.05) is 13.5 Å². The summed E-state index contributed by atoms with van der Waals surface area (Å²) in [6.07, 6.45) is 8.11. The van der Waals surface area contributed by atoms with Crippen molar-refractivity contribution in [3.63, 3.8) is 0 Å². The van der Waals surface area contributed by atoms with Crippen LogP contribution in [0, 0.1) is 5.41 Å². The summed E-state index contributed by atoms with van der Waals surface area (Å²) in [7, 11) is 0. The van der Waals surface area contributed by atoms with E-state index in [0.717, 1.165) is 18.5 Å². The predicted octanol–water partition coefficient (Wildman–Crippen LogP) is 3.63. The minimum absolute atomic E-state index is 0. The molecular formula is C13H25NO. The van der Waals surface area contributed by atoms with Gasteiger partial charge in [-0.25, -0.2) is 0 Å². The van der Waals surface area contributed by atoms with Crippen LogP contribution in [0.25, 0.3) is 0 Å². The minimum Gasteiger partial charge on any atom is -0.330 e. The van der Waals surface area contributed by atoms with Gasteiger partial charge in [0.1, 0.15) is 0 Å². The summed E-state index contributed by atoms with van der Waals surface area (Å²) >= 11 is 0. The predicted molar refractivity (Wildman–Crippen MR) is 65.5 cm³/mol. The zero-order chi connectivity index (χ0) is 11.3. The van der Waals surface area contributed by atoms with Crippen LogP contribution in [0.3, 0.4) is 0 Å². The molecule has 15 heavy (non-hydrogen) atoms. The molecule has 0 radical (unpaired) electrons. The van der Waals surface area contributed by atoms with E-state index in [1.165, 1.54) is 32.1 Å². The Hall–Kier alpha value is -0.790. The lowest BCUT2D eigenvalue weighted by Gasteiger charge is -2.40. The lowest BCUT2D eigenvalue weighted by molar-refractivity contribution is -0.125. The van der Waals surface area contributed by atoms with Crippen LogP contribution >= 0.6 is 0 Å². The van der Waals surface area contributed by atoms with Crippen molar-refractivity contribution in [1.82, 2.24) is 5.32 Å². The van der Waals surface area contributed by atoms with Crippen molar-refractivity contribution in [2.45, 2.75) is 58.8 Å². The lowest BCUT2D eigenvalue weighted by atomic mass is 9.67. The molecule has 1 saturated carbocycles. The number of hydrogen-bond acceptors (Lipinski definition) is 1. The molecule has 1 aliphatic heterocycles.